The molecule has 0 bridgehead atoms. The summed E-state index contributed by atoms with van der Waals surface area (Å²) in [6.45, 7) is 5.44. The Kier molecular flexibility index (Phi) is 4.00. The van der Waals surface area contributed by atoms with Crippen molar-refractivity contribution in [3.05, 3.63) is 35.6 Å². The van der Waals surface area contributed by atoms with Gasteiger partial charge >= 0.3 is 0 Å². The molecule has 1 amide bonds. The summed E-state index contributed by atoms with van der Waals surface area (Å²) in [5.41, 5.74) is 1.06. The largest absolute Gasteiger partial charge is 0.342 e. The summed E-state index contributed by atoms with van der Waals surface area (Å²) in [6, 6.07) is 6.83. The van der Waals surface area contributed by atoms with Crippen LogP contribution in [0.4, 0.5) is 4.39 Å². The lowest BCUT2D eigenvalue weighted by molar-refractivity contribution is -0.135. The van der Waals surface area contributed by atoms with Gasteiger partial charge in [0.15, 0.2) is 0 Å². The highest BCUT2D eigenvalue weighted by molar-refractivity contribution is 5.78. The van der Waals surface area contributed by atoms with Gasteiger partial charge in [-0.2, -0.15) is 0 Å². The van der Waals surface area contributed by atoms with Gasteiger partial charge in [-0.05, 0) is 36.5 Å². The van der Waals surface area contributed by atoms with Gasteiger partial charge in [-0.15, -0.1) is 0 Å². The van der Waals surface area contributed by atoms with Gasteiger partial charge in [-0.1, -0.05) is 26.0 Å². The zero-order chi connectivity index (χ0) is 13.1. The molecular formula is C15H20FNO. The van der Waals surface area contributed by atoms with Gasteiger partial charge < -0.3 is 4.90 Å². The number of benzene rings is 1. The van der Waals surface area contributed by atoms with Crippen molar-refractivity contribution >= 4 is 5.91 Å². The molecule has 0 aliphatic carbocycles. The van der Waals surface area contributed by atoms with Crippen molar-refractivity contribution in [1.82, 2.24) is 4.90 Å². The van der Waals surface area contributed by atoms with E-state index < -0.39 is 0 Å². The summed E-state index contributed by atoms with van der Waals surface area (Å²) < 4.78 is 13.2. The van der Waals surface area contributed by atoms with Gasteiger partial charge in [0, 0.05) is 19.0 Å². The van der Waals surface area contributed by atoms with Crippen molar-refractivity contribution in [1.29, 1.82) is 0 Å². The molecule has 0 spiro atoms. The van der Waals surface area contributed by atoms with E-state index in [-0.39, 0.29) is 17.6 Å². The molecule has 0 unspecified atom stereocenters. The molecule has 1 aromatic rings. The highest BCUT2D eigenvalue weighted by Gasteiger charge is 2.25. The minimum absolute atomic E-state index is 0.0655. The van der Waals surface area contributed by atoms with Crippen LogP contribution in [0.5, 0.6) is 0 Å². The number of hydrogen-bond acceptors (Lipinski definition) is 1. The molecule has 2 rings (SSSR count). The lowest BCUT2D eigenvalue weighted by Gasteiger charge is -2.33. The Balaban J connectivity index is 1.96. The Morgan fingerprint density at radius 3 is 2.56 bits per heavy atom. The molecule has 1 heterocycles. The Hall–Kier alpha value is -1.38. The second kappa shape index (κ2) is 5.51. The quantitative estimate of drug-likeness (QED) is 0.788. The lowest BCUT2D eigenvalue weighted by Crippen LogP contribution is -2.40. The minimum Gasteiger partial charge on any atom is -0.342 e. The van der Waals surface area contributed by atoms with E-state index in [4.69, 9.17) is 0 Å². The molecule has 0 N–H and O–H groups in total. The Morgan fingerprint density at radius 2 is 2.00 bits per heavy atom. The first-order valence-corrected chi connectivity index (χ1v) is 6.62. The van der Waals surface area contributed by atoms with Gasteiger partial charge in [-0.3, -0.25) is 4.79 Å². The summed E-state index contributed by atoms with van der Waals surface area (Å²) in [4.78, 5) is 13.8. The molecule has 18 heavy (non-hydrogen) atoms. The van der Waals surface area contributed by atoms with Crippen LogP contribution in [0.25, 0.3) is 0 Å². The number of halogens is 1. The molecular weight excluding hydrogens is 229 g/mol. The third-order valence-electron chi connectivity index (χ3n) is 3.62. The third kappa shape index (κ3) is 2.89. The van der Waals surface area contributed by atoms with Crippen LogP contribution in [-0.2, 0) is 4.79 Å². The number of carbonyl (C=O) groups is 1. The van der Waals surface area contributed by atoms with Crippen molar-refractivity contribution in [3.8, 4) is 0 Å². The van der Waals surface area contributed by atoms with Crippen LogP contribution in [0.1, 0.15) is 38.2 Å². The molecule has 0 aromatic heterocycles. The van der Waals surface area contributed by atoms with Gasteiger partial charge in [0.1, 0.15) is 5.82 Å². The predicted molar refractivity (Wildman–Crippen MR) is 69.8 cm³/mol. The van der Waals surface area contributed by atoms with Gasteiger partial charge in [-0.25, -0.2) is 4.39 Å². The van der Waals surface area contributed by atoms with E-state index in [0.717, 1.165) is 31.5 Å². The summed E-state index contributed by atoms with van der Waals surface area (Å²) in [6.07, 6.45) is 1.86. The van der Waals surface area contributed by atoms with Crippen molar-refractivity contribution in [2.45, 2.75) is 32.6 Å². The zero-order valence-electron chi connectivity index (χ0n) is 11.0. The normalized spacial score (nSPS) is 17.2. The molecule has 1 aliphatic heterocycles. The van der Waals surface area contributed by atoms with E-state index in [1.54, 1.807) is 12.1 Å². The van der Waals surface area contributed by atoms with Crippen molar-refractivity contribution in [2.24, 2.45) is 5.92 Å². The van der Waals surface area contributed by atoms with E-state index in [1.165, 1.54) is 6.07 Å². The Morgan fingerprint density at radius 1 is 1.33 bits per heavy atom. The highest BCUT2D eigenvalue weighted by Crippen LogP contribution is 2.28. The number of hydrogen-bond donors (Lipinski definition) is 0. The third-order valence-corrected chi connectivity index (χ3v) is 3.62. The van der Waals surface area contributed by atoms with Gasteiger partial charge in [0.25, 0.3) is 0 Å². The van der Waals surface area contributed by atoms with Crippen LogP contribution < -0.4 is 0 Å². The second-order valence-electron chi connectivity index (χ2n) is 5.31. The fourth-order valence-electron chi connectivity index (χ4n) is 2.56. The summed E-state index contributed by atoms with van der Waals surface area (Å²) in [5, 5.41) is 0. The molecule has 0 atom stereocenters. The molecule has 0 saturated carbocycles. The first-order valence-electron chi connectivity index (χ1n) is 6.62. The number of piperidine rings is 1. The average Bonchev–Trinajstić information content (AvgIpc) is 2.38. The topological polar surface area (TPSA) is 20.3 Å². The van der Waals surface area contributed by atoms with E-state index in [2.05, 4.69) is 0 Å². The van der Waals surface area contributed by atoms with Crippen LogP contribution in [0.3, 0.4) is 0 Å². The molecule has 3 heteroatoms. The number of amides is 1. The SMILES string of the molecule is CC(C)C(=O)N1CCC(c2cccc(F)c2)CC1. The zero-order valence-corrected chi connectivity index (χ0v) is 11.0. The molecule has 1 fully saturated rings. The molecule has 1 aliphatic rings. The van der Waals surface area contributed by atoms with Crippen LogP contribution in [0, 0.1) is 11.7 Å². The van der Waals surface area contributed by atoms with Gasteiger partial charge in [0.05, 0.1) is 0 Å². The number of carbonyl (C=O) groups excluding carboxylic acids is 1. The Labute approximate surface area is 108 Å². The lowest BCUT2D eigenvalue weighted by atomic mass is 9.89. The maximum absolute atomic E-state index is 13.2. The van der Waals surface area contributed by atoms with E-state index >= 15 is 0 Å². The molecule has 2 nitrogen and oxygen atoms in total. The van der Waals surface area contributed by atoms with Gasteiger partial charge in [0.2, 0.25) is 5.91 Å². The summed E-state index contributed by atoms with van der Waals surface area (Å²) >= 11 is 0. The Bertz CT molecular complexity index is 422. The first kappa shape index (κ1) is 13.1. The smallest absolute Gasteiger partial charge is 0.225 e. The standard InChI is InChI=1S/C15H20FNO/c1-11(2)15(18)17-8-6-12(7-9-17)13-4-3-5-14(16)10-13/h3-5,10-12H,6-9H2,1-2H3. The van der Waals surface area contributed by atoms with E-state index in [9.17, 15) is 9.18 Å². The fraction of sp³-hybridized carbons (Fsp3) is 0.533. The molecule has 0 radical (unpaired) electrons. The minimum atomic E-state index is -0.173. The van der Waals surface area contributed by atoms with Crippen LogP contribution in [0.2, 0.25) is 0 Å². The van der Waals surface area contributed by atoms with Crippen molar-refractivity contribution < 1.29 is 9.18 Å². The number of rotatable bonds is 2. The number of likely N-dealkylation sites (tertiary alicyclic amines) is 1. The average molecular weight is 249 g/mol. The van der Waals surface area contributed by atoms with E-state index in [0.29, 0.717) is 5.92 Å². The second-order valence-corrected chi connectivity index (χ2v) is 5.31. The predicted octanol–water partition coefficient (Wildman–Crippen LogP) is 3.19. The maximum atomic E-state index is 13.2. The summed E-state index contributed by atoms with van der Waals surface area (Å²) in [5.74, 6) is 0.508. The molecule has 98 valence electrons. The monoisotopic (exact) mass is 249 g/mol. The summed E-state index contributed by atoms with van der Waals surface area (Å²) in [7, 11) is 0. The van der Waals surface area contributed by atoms with Crippen LogP contribution in [-0.4, -0.2) is 23.9 Å². The first-order chi connectivity index (χ1) is 8.58. The van der Waals surface area contributed by atoms with Crippen LogP contribution in [0.15, 0.2) is 24.3 Å². The fourth-order valence-corrected chi connectivity index (χ4v) is 2.56. The van der Waals surface area contributed by atoms with Crippen molar-refractivity contribution in [3.63, 3.8) is 0 Å². The van der Waals surface area contributed by atoms with E-state index in [1.807, 2.05) is 24.8 Å². The van der Waals surface area contributed by atoms with Crippen molar-refractivity contribution in [2.75, 3.05) is 13.1 Å². The van der Waals surface area contributed by atoms with Crippen LogP contribution >= 0.6 is 0 Å². The number of nitrogens with zero attached hydrogens (tertiary/aromatic N) is 1. The maximum Gasteiger partial charge on any atom is 0.225 e. The molecule has 1 aromatic carbocycles. The molecule has 1 saturated heterocycles. The highest BCUT2D eigenvalue weighted by atomic mass is 19.1.